The van der Waals surface area contributed by atoms with Crippen molar-refractivity contribution < 1.29 is 48.6 Å². The van der Waals surface area contributed by atoms with Crippen molar-refractivity contribution >= 4 is 10.8 Å². The first-order valence-electron chi connectivity index (χ1n) is 13.1. The van der Waals surface area contributed by atoms with E-state index in [2.05, 4.69) is 16.6 Å². The fraction of sp³-hybridized carbons (Fsp3) is 0.0857. The highest BCUT2D eigenvalue weighted by Crippen LogP contribution is 2.38. The first-order valence-corrected chi connectivity index (χ1v) is 13.1. The standard InChI is InChI=1S/C35H16F10O/c1-19-2-4-20(5-3-19)6-7-21-8-10-25(28(36)14-21)23-17-30(38)32(31(39)18-23)35(44,45)46-24-9-11-26-22(15-24)16-29(37)27(33(26)40)12-13-34(41,42)43/h2-5,8-11,14-18H,1H3. The van der Waals surface area contributed by atoms with Crippen molar-refractivity contribution in [2.45, 2.75) is 19.2 Å². The van der Waals surface area contributed by atoms with E-state index < -0.39 is 74.6 Å². The number of aryl methyl sites for hydroxylation is 1. The molecule has 0 atom stereocenters. The molecule has 0 aliphatic rings. The molecule has 0 saturated carbocycles. The van der Waals surface area contributed by atoms with E-state index in [0.717, 1.165) is 29.7 Å². The molecule has 0 aromatic heterocycles. The van der Waals surface area contributed by atoms with Crippen LogP contribution >= 0.6 is 0 Å². The molecule has 0 aliphatic heterocycles. The molecule has 232 valence electrons. The van der Waals surface area contributed by atoms with Gasteiger partial charge >= 0.3 is 12.3 Å². The van der Waals surface area contributed by atoms with Gasteiger partial charge in [-0.1, -0.05) is 41.5 Å². The smallest absolute Gasteiger partial charge is 0.429 e. The van der Waals surface area contributed by atoms with Crippen molar-refractivity contribution in [3.05, 3.63) is 136 Å². The molecule has 0 N–H and O–H groups in total. The predicted octanol–water partition coefficient (Wildman–Crippen LogP) is 9.95. The first-order chi connectivity index (χ1) is 21.6. The van der Waals surface area contributed by atoms with Gasteiger partial charge in [-0.3, -0.25) is 0 Å². The lowest BCUT2D eigenvalue weighted by molar-refractivity contribution is -0.189. The normalized spacial score (nSPS) is 11.5. The van der Waals surface area contributed by atoms with Gasteiger partial charge in [0.2, 0.25) is 0 Å². The van der Waals surface area contributed by atoms with Crippen LogP contribution in [0.2, 0.25) is 0 Å². The largest absolute Gasteiger partial charge is 0.458 e. The molecule has 11 heteroatoms. The van der Waals surface area contributed by atoms with Crippen LogP contribution in [0.3, 0.4) is 0 Å². The summed E-state index contributed by atoms with van der Waals surface area (Å²) in [4.78, 5) is 0. The Morgan fingerprint density at radius 1 is 0.609 bits per heavy atom. The van der Waals surface area contributed by atoms with Crippen LogP contribution in [0.4, 0.5) is 43.9 Å². The Kier molecular flexibility index (Phi) is 8.46. The molecule has 0 heterocycles. The summed E-state index contributed by atoms with van der Waals surface area (Å²) in [6.07, 6.45) is -9.71. The summed E-state index contributed by atoms with van der Waals surface area (Å²) < 4.78 is 146. The quantitative estimate of drug-likeness (QED) is 0.140. The molecule has 0 unspecified atom stereocenters. The molecule has 46 heavy (non-hydrogen) atoms. The third kappa shape index (κ3) is 6.94. The van der Waals surface area contributed by atoms with Gasteiger partial charge in [-0.2, -0.15) is 22.0 Å². The van der Waals surface area contributed by atoms with E-state index in [-0.39, 0.29) is 11.1 Å². The number of ether oxygens (including phenoxy) is 1. The van der Waals surface area contributed by atoms with Crippen LogP contribution < -0.4 is 4.74 Å². The number of rotatable bonds is 4. The number of halogens is 10. The molecule has 0 spiro atoms. The van der Waals surface area contributed by atoms with Crippen molar-refractivity contribution in [2.24, 2.45) is 0 Å². The molecule has 0 aliphatic carbocycles. The lowest BCUT2D eigenvalue weighted by atomic mass is 10.0. The highest BCUT2D eigenvalue weighted by Gasteiger charge is 2.41. The number of fused-ring (bicyclic) bond motifs is 1. The number of benzene rings is 5. The number of hydrogen-bond donors (Lipinski definition) is 0. The van der Waals surface area contributed by atoms with Gasteiger partial charge in [0, 0.05) is 28.0 Å². The number of hydrogen-bond acceptors (Lipinski definition) is 1. The maximum atomic E-state index is 15.0. The average Bonchev–Trinajstić information content (AvgIpc) is 2.95. The molecule has 0 saturated heterocycles. The van der Waals surface area contributed by atoms with Gasteiger partial charge in [-0.15, -0.1) is 0 Å². The summed E-state index contributed by atoms with van der Waals surface area (Å²) in [5.41, 5.74) is -1.78. The lowest BCUT2D eigenvalue weighted by Gasteiger charge is -2.20. The Hall–Kier alpha value is -5.42. The zero-order valence-electron chi connectivity index (χ0n) is 23.2. The molecule has 0 fully saturated rings. The van der Waals surface area contributed by atoms with Crippen LogP contribution in [-0.2, 0) is 6.11 Å². The van der Waals surface area contributed by atoms with E-state index in [4.69, 9.17) is 0 Å². The summed E-state index contributed by atoms with van der Waals surface area (Å²) in [6, 6.07) is 14.6. The second-order valence-electron chi connectivity index (χ2n) is 9.92. The van der Waals surface area contributed by atoms with Crippen molar-refractivity contribution in [2.75, 3.05) is 0 Å². The summed E-state index contributed by atoms with van der Waals surface area (Å²) in [5, 5.41) is -0.904. The highest BCUT2D eigenvalue weighted by atomic mass is 19.4. The van der Waals surface area contributed by atoms with E-state index >= 15 is 8.78 Å². The van der Waals surface area contributed by atoms with Gasteiger partial charge in [-0.05, 0) is 78.5 Å². The molecule has 5 aromatic rings. The molecule has 0 amide bonds. The molecule has 1 nitrogen and oxygen atoms in total. The van der Waals surface area contributed by atoms with Gasteiger partial charge in [0.15, 0.2) is 0 Å². The summed E-state index contributed by atoms with van der Waals surface area (Å²) in [6.45, 7) is 1.90. The highest BCUT2D eigenvalue weighted by molar-refractivity contribution is 5.86. The molecule has 0 radical (unpaired) electrons. The fourth-order valence-electron chi connectivity index (χ4n) is 4.43. The third-order valence-electron chi connectivity index (χ3n) is 6.59. The van der Waals surface area contributed by atoms with Crippen molar-refractivity contribution in [1.29, 1.82) is 0 Å². The van der Waals surface area contributed by atoms with Crippen LogP contribution in [0.15, 0.2) is 78.9 Å². The summed E-state index contributed by atoms with van der Waals surface area (Å²) in [5.74, 6) is -0.589. The van der Waals surface area contributed by atoms with Gasteiger partial charge in [0.25, 0.3) is 0 Å². The van der Waals surface area contributed by atoms with E-state index in [1.54, 1.807) is 12.1 Å². The lowest BCUT2D eigenvalue weighted by Crippen LogP contribution is -2.25. The van der Waals surface area contributed by atoms with E-state index in [1.165, 1.54) is 18.1 Å². The van der Waals surface area contributed by atoms with E-state index in [1.807, 2.05) is 19.1 Å². The van der Waals surface area contributed by atoms with Gasteiger partial charge in [0.05, 0.1) is 5.56 Å². The minimum atomic E-state index is -5.03. The molecule has 0 bridgehead atoms. The van der Waals surface area contributed by atoms with Gasteiger partial charge < -0.3 is 4.74 Å². The second kappa shape index (κ2) is 12.2. The zero-order chi connectivity index (χ0) is 33.4. The molecule has 5 rings (SSSR count). The van der Waals surface area contributed by atoms with Crippen LogP contribution in [-0.4, -0.2) is 6.18 Å². The van der Waals surface area contributed by atoms with Crippen molar-refractivity contribution in [3.8, 4) is 40.6 Å². The van der Waals surface area contributed by atoms with E-state index in [0.29, 0.717) is 29.8 Å². The SMILES string of the molecule is Cc1ccc(C#Cc2ccc(-c3cc(F)c(C(F)(F)Oc4ccc5c(F)c(C#CC(F)(F)F)c(F)cc5c4)c(F)c3)c(F)c2)cc1. The topological polar surface area (TPSA) is 9.23 Å². The van der Waals surface area contributed by atoms with E-state index in [9.17, 15) is 35.1 Å². The van der Waals surface area contributed by atoms with Crippen molar-refractivity contribution in [1.82, 2.24) is 0 Å². The Balaban J connectivity index is 1.41. The van der Waals surface area contributed by atoms with Crippen LogP contribution in [0.25, 0.3) is 21.9 Å². The number of alkyl halides is 5. The Morgan fingerprint density at radius 3 is 1.87 bits per heavy atom. The minimum Gasteiger partial charge on any atom is -0.429 e. The van der Waals surface area contributed by atoms with Crippen LogP contribution in [0.1, 0.15) is 27.8 Å². The van der Waals surface area contributed by atoms with Gasteiger partial charge in [0.1, 0.15) is 40.4 Å². The minimum absolute atomic E-state index is 0.250. The van der Waals surface area contributed by atoms with Crippen molar-refractivity contribution in [3.63, 3.8) is 0 Å². The first kappa shape index (κ1) is 32.0. The second-order valence-corrected chi connectivity index (χ2v) is 9.92. The summed E-state index contributed by atoms with van der Waals surface area (Å²) in [7, 11) is 0. The van der Waals surface area contributed by atoms with Crippen LogP contribution in [0.5, 0.6) is 5.75 Å². The maximum absolute atomic E-state index is 15.0. The van der Waals surface area contributed by atoms with Gasteiger partial charge in [-0.25, -0.2) is 22.0 Å². The monoisotopic (exact) mass is 642 g/mol. The molecule has 5 aromatic carbocycles. The maximum Gasteiger partial charge on any atom is 0.458 e. The fourth-order valence-corrected chi connectivity index (χ4v) is 4.43. The molecular weight excluding hydrogens is 626 g/mol. The Labute approximate surface area is 255 Å². The predicted molar refractivity (Wildman–Crippen MR) is 150 cm³/mol. The average molecular weight is 642 g/mol. The Morgan fingerprint density at radius 2 is 1.24 bits per heavy atom. The zero-order valence-corrected chi connectivity index (χ0v) is 23.2. The summed E-state index contributed by atoms with van der Waals surface area (Å²) >= 11 is 0. The van der Waals surface area contributed by atoms with Crippen LogP contribution in [0, 0.1) is 59.7 Å². The Bertz CT molecular complexity index is 2090. The third-order valence-corrected chi connectivity index (χ3v) is 6.59. The molecular formula is C35H16F10O.